The Balaban J connectivity index is 1.77. The highest BCUT2D eigenvalue weighted by Crippen LogP contribution is 2.26. The van der Waals surface area contributed by atoms with Crippen LogP contribution in [-0.2, 0) is 9.53 Å². The first-order valence-electron chi connectivity index (χ1n) is 6.84. The Hall–Kier alpha value is -1.95. The minimum absolute atomic E-state index is 0.0554. The lowest BCUT2D eigenvalue weighted by Crippen LogP contribution is -2.41. The molecule has 0 saturated carbocycles. The lowest BCUT2D eigenvalue weighted by Gasteiger charge is -2.32. The smallest absolute Gasteiger partial charge is 0.248 e. The van der Waals surface area contributed by atoms with Crippen molar-refractivity contribution in [1.29, 1.82) is 0 Å². The second kappa shape index (κ2) is 5.58. The van der Waals surface area contributed by atoms with Gasteiger partial charge in [-0.2, -0.15) is 5.10 Å². The summed E-state index contributed by atoms with van der Waals surface area (Å²) in [6.45, 7) is 1.68. The van der Waals surface area contributed by atoms with Crippen molar-refractivity contribution in [3.05, 3.63) is 24.0 Å². The lowest BCUT2D eigenvalue weighted by atomic mass is 9.94. The summed E-state index contributed by atoms with van der Waals surface area (Å²) >= 11 is 0. The predicted molar refractivity (Wildman–Crippen MR) is 74.3 cm³/mol. The number of nitrogens with one attached hydrogen (secondary N) is 1. The number of amides is 1. The van der Waals surface area contributed by atoms with Crippen LogP contribution in [0.4, 0.5) is 0 Å². The van der Waals surface area contributed by atoms with Gasteiger partial charge in [-0.3, -0.25) is 9.89 Å². The Morgan fingerprint density at radius 3 is 3.30 bits per heavy atom. The Morgan fingerprint density at radius 2 is 2.45 bits per heavy atom. The van der Waals surface area contributed by atoms with Crippen molar-refractivity contribution in [3.63, 3.8) is 0 Å². The number of H-pyrrole nitrogens is 1. The van der Waals surface area contributed by atoms with Gasteiger partial charge in [-0.05, 0) is 25.0 Å². The molecular weight excluding hydrogens is 256 g/mol. The molecule has 1 amide bonds. The summed E-state index contributed by atoms with van der Waals surface area (Å²) in [7, 11) is 1.55. The van der Waals surface area contributed by atoms with Gasteiger partial charge in [0.15, 0.2) is 5.65 Å². The molecule has 20 heavy (non-hydrogen) atoms. The number of nitrogens with zero attached hydrogens (tertiary/aromatic N) is 3. The maximum atomic E-state index is 11.9. The summed E-state index contributed by atoms with van der Waals surface area (Å²) in [5, 5.41) is 7.89. The van der Waals surface area contributed by atoms with Crippen LogP contribution < -0.4 is 0 Å². The molecule has 2 aromatic heterocycles. The standard InChI is InChI=1S/C14H18N4O2/c1-20-9-13(19)18-6-2-3-11(8-18)12-5-4-10-7-15-17-14(10)16-12/h4-5,7,11H,2-3,6,8-9H2,1H3,(H,15,16,17)/t11-/m0/s1. The molecule has 0 aliphatic carbocycles. The first-order valence-corrected chi connectivity index (χ1v) is 6.84. The molecule has 0 unspecified atom stereocenters. The van der Waals surface area contributed by atoms with Crippen molar-refractivity contribution in [2.75, 3.05) is 26.8 Å². The summed E-state index contributed by atoms with van der Waals surface area (Å²) < 4.78 is 4.92. The summed E-state index contributed by atoms with van der Waals surface area (Å²) in [4.78, 5) is 18.4. The monoisotopic (exact) mass is 274 g/mol. The number of pyridine rings is 1. The van der Waals surface area contributed by atoms with Crippen LogP contribution in [0.3, 0.4) is 0 Å². The average molecular weight is 274 g/mol. The van der Waals surface area contributed by atoms with E-state index in [1.807, 2.05) is 17.0 Å². The molecule has 1 fully saturated rings. The fourth-order valence-corrected chi connectivity index (χ4v) is 2.73. The second-order valence-corrected chi connectivity index (χ2v) is 5.16. The van der Waals surface area contributed by atoms with Crippen LogP contribution in [0.25, 0.3) is 11.0 Å². The van der Waals surface area contributed by atoms with Crippen LogP contribution >= 0.6 is 0 Å². The number of carbonyl (C=O) groups is 1. The molecule has 106 valence electrons. The van der Waals surface area contributed by atoms with Crippen LogP contribution in [0.15, 0.2) is 18.3 Å². The lowest BCUT2D eigenvalue weighted by molar-refractivity contribution is -0.136. The van der Waals surface area contributed by atoms with Gasteiger partial charge in [0.2, 0.25) is 5.91 Å². The van der Waals surface area contributed by atoms with Crippen LogP contribution in [0, 0.1) is 0 Å². The highest BCUT2D eigenvalue weighted by Gasteiger charge is 2.25. The van der Waals surface area contributed by atoms with Crippen LogP contribution in [0.5, 0.6) is 0 Å². The van der Waals surface area contributed by atoms with Crippen LogP contribution in [0.2, 0.25) is 0 Å². The van der Waals surface area contributed by atoms with Gasteiger partial charge >= 0.3 is 0 Å². The number of likely N-dealkylation sites (tertiary alicyclic amines) is 1. The molecule has 3 rings (SSSR count). The topological polar surface area (TPSA) is 71.1 Å². The quantitative estimate of drug-likeness (QED) is 0.916. The molecule has 0 aromatic carbocycles. The number of ether oxygens (including phenoxy) is 1. The van der Waals surface area contributed by atoms with Gasteiger partial charge in [0, 0.05) is 37.2 Å². The first kappa shape index (κ1) is 13.1. The molecule has 1 atom stereocenters. The van der Waals surface area contributed by atoms with Gasteiger partial charge in [-0.25, -0.2) is 4.98 Å². The van der Waals surface area contributed by atoms with Gasteiger partial charge in [0.05, 0.1) is 6.20 Å². The van der Waals surface area contributed by atoms with E-state index in [0.717, 1.165) is 42.7 Å². The van der Waals surface area contributed by atoms with E-state index in [4.69, 9.17) is 4.74 Å². The predicted octanol–water partition coefficient (Wildman–Crippen LogP) is 1.31. The second-order valence-electron chi connectivity index (χ2n) is 5.16. The normalized spacial score (nSPS) is 19.4. The zero-order chi connectivity index (χ0) is 13.9. The zero-order valence-corrected chi connectivity index (χ0v) is 11.5. The van der Waals surface area contributed by atoms with Crippen molar-refractivity contribution in [3.8, 4) is 0 Å². The summed E-state index contributed by atoms with van der Waals surface area (Å²) in [6.07, 6.45) is 3.83. The molecule has 0 bridgehead atoms. The van der Waals surface area contributed by atoms with Gasteiger partial charge in [0.1, 0.15) is 6.61 Å². The fraction of sp³-hybridized carbons (Fsp3) is 0.500. The molecule has 1 N–H and O–H groups in total. The SMILES string of the molecule is COCC(=O)N1CCC[C@H](c2ccc3cn[nH]c3n2)C1. The Bertz CT molecular complexity index is 610. The number of piperidine rings is 1. The number of methoxy groups -OCH3 is 1. The number of hydrogen-bond donors (Lipinski definition) is 1. The molecule has 1 aliphatic heterocycles. The Kier molecular flexibility index (Phi) is 3.64. The molecule has 0 spiro atoms. The summed E-state index contributed by atoms with van der Waals surface area (Å²) in [5.41, 5.74) is 1.83. The summed E-state index contributed by atoms with van der Waals surface area (Å²) in [5.74, 6) is 0.345. The van der Waals surface area contributed by atoms with Crippen molar-refractivity contribution in [1.82, 2.24) is 20.1 Å². The minimum Gasteiger partial charge on any atom is -0.375 e. The number of aromatic amines is 1. The molecule has 1 saturated heterocycles. The number of rotatable bonds is 3. The van der Waals surface area contributed by atoms with E-state index in [-0.39, 0.29) is 18.4 Å². The maximum absolute atomic E-state index is 11.9. The molecule has 1 aliphatic rings. The highest BCUT2D eigenvalue weighted by molar-refractivity contribution is 5.77. The first-order chi connectivity index (χ1) is 9.78. The molecule has 3 heterocycles. The maximum Gasteiger partial charge on any atom is 0.248 e. The third kappa shape index (κ3) is 2.51. The van der Waals surface area contributed by atoms with E-state index < -0.39 is 0 Å². The van der Waals surface area contributed by atoms with Crippen LogP contribution in [0.1, 0.15) is 24.5 Å². The number of carbonyl (C=O) groups excluding carboxylic acids is 1. The third-order valence-corrected chi connectivity index (χ3v) is 3.78. The zero-order valence-electron chi connectivity index (χ0n) is 11.5. The molecule has 6 heteroatoms. The van der Waals surface area contributed by atoms with Gasteiger partial charge in [-0.15, -0.1) is 0 Å². The van der Waals surface area contributed by atoms with E-state index in [9.17, 15) is 4.79 Å². The highest BCUT2D eigenvalue weighted by atomic mass is 16.5. The third-order valence-electron chi connectivity index (χ3n) is 3.78. The van der Waals surface area contributed by atoms with E-state index in [0.29, 0.717) is 0 Å². The molecule has 2 aromatic rings. The summed E-state index contributed by atoms with van der Waals surface area (Å²) in [6, 6.07) is 4.06. The van der Waals surface area contributed by atoms with E-state index in [2.05, 4.69) is 15.2 Å². The van der Waals surface area contributed by atoms with Gasteiger partial charge in [-0.1, -0.05) is 0 Å². The van der Waals surface area contributed by atoms with Crippen molar-refractivity contribution >= 4 is 16.9 Å². The van der Waals surface area contributed by atoms with Crippen molar-refractivity contribution in [2.45, 2.75) is 18.8 Å². The number of aromatic nitrogens is 3. The largest absolute Gasteiger partial charge is 0.375 e. The van der Waals surface area contributed by atoms with E-state index in [1.54, 1.807) is 13.3 Å². The molecular formula is C14H18N4O2. The van der Waals surface area contributed by atoms with E-state index >= 15 is 0 Å². The minimum atomic E-state index is 0.0554. The average Bonchev–Trinajstić information content (AvgIpc) is 2.95. The van der Waals surface area contributed by atoms with Crippen LogP contribution in [-0.4, -0.2) is 52.8 Å². The Labute approximate surface area is 117 Å². The number of hydrogen-bond acceptors (Lipinski definition) is 4. The van der Waals surface area contributed by atoms with E-state index in [1.165, 1.54) is 0 Å². The van der Waals surface area contributed by atoms with Gasteiger partial charge in [0.25, 0.3) is 0 Å². The fourth-order valence-electron chi connectivity index (χ4n) is 2.73. The van der Waals surface area contributed by atoms with Gasteiger partial charge < -0.3 is 9.64 Å². The Morgan fingerprint density at radius 1 is 1.55 bits per heavy atom. The number of fused-ring (bicyclic) bond motifs is 1. The van der Waals surface area contributed by atoms with Crippen molar-refractivity contribution < 1.29 is 9.53 Å². The molecule has 6 nitrogen and oxygen atoms in total. The van der Waals surface area contributed by atoms with Crippen molar-refractivity contribution in [2.24, 2.45) is 0 Å². The molecule has 0 radical (unpaired) electrons.